The van der Waals surface area contributed by atoms with E-state index in [1.165, 1.54) is 20.9 Å². The van der Waals surface area contributed by atoms with Crippen LogP contribution in [0.2, 0.25) is 0 Å². The van der Waals surface area contributed by atoms with Crippen LogP contribution < -0.4 is 4.74 Å². The highest BCUT2D eigenvalue weighted by molar-refractivity contribution is 7.99. The van der Waals surface area contributed by atoms with E-state index in [9.17, 15) is 0 Å². The number of rotatable bonds is 3. The van der Waals surface area contributed by atoms with E-state index < -0.39 is 0 Å². The Morgan fingerprint density at radius 1 is 0.824 bits per heavy atom. The molecule has 0 radical (unpaired) electrons. The summed E-state index contributed by atoms with van der Waals surface area (Å²) < 4.78 is 5.15. The van der Waals surface area contributed by atoms with Crippen LogP contribution in [0.4, 0.5) is 0 Å². The van der Waals surface area contributed by atoms with Gasteiger partial charge in [0.1, 0.15) is 5.75 Å². The van der Waals surface area contributed by atoms with Crippen LogP contribution in [-0.2, 0) is 0 Å². The van der Waals surface area contributed by atoms with Gasteiger partial charge in [-0.25, -0.2) is 0 Å². The van der Waals surface area contributed by atoms with E-state index in [1.54, 1.807) is 18.9 Å². The first kappa shape index (κ1) is 12.1. The average Bonchev–Trinajstić information content (AvgIpc) is 2.28. The van der Waals surface area contributed by atoms with Crippen LogP contribution in [-0.4, -0.2) is 7.11 Å². The largest absolute Gasteiger partial charge is 0.497 e. The molecule has 0 saturated carbocycles. The summed E-state index contributed by atoms with van der Waals surface area (Å²) in [5.41, 5.74) is 2.61. The summed E-state index contributed by atoms with van der Waals surface area (Å²) in [7, 11) is 1.69. The lowest BCUT2D eigenvalue weighted by Crippen LogP contribution is -1.82. The molecule has 2 heteroatoms. The van der Waals surface area contributed by atoms with Crippen molar-refractivity contribution >= 4 is 11.8 Å². The third kappa shape index (κ3) is 3.27. The van der Waals surface area contributed by atoms with E-state index in [0.29, 0.717) is 0 Å². The molecule has 0 aliphatic heterocycles. The fraction of sp³-hybridized carbons (Fsp3) is 0.200. The van der Waals surface area contributed by atoms with Crippen LogP contribution in [0, 0.1) is 13.8 Å². The lowest BCUT2D eigenvalue weighted by atomic mass is 10.2. The Hall–Kier alpha value is -1.41. The Bertz CT molecular complexity index is 483. The Kier molecular flexibility index (Phi) is 3.75. The molecule has 0 spiro atoms. The standard InChI is InChI=1S/C15H16OS/c1-11-8-12(2)10-15(9-11)17-14-6-4-13(16-3)5-7-14/h4-10H,1-3H3. The Labute approximate surface area is 107 Å². The molecule has 0 amide bonds. The van der Waals surface area contributed by atoms with Gasteiger partial charge in [-0.3, -0.25) is 0 Å². The molecule has 2 aromatic carbocycles. The smallest absolute Gasteiger partial charge is 0.118 e. The number of benzene rings is 2. The first-order chi connectivity index (χ1) is 8.17. The predicted molar refractivity (Wildman–Crippen MR) is 73.0 cm³/mol. The van der Waals surface area contributed by atoms with Gasteiger partial charge in [-0.2, -0.15) is 0 Å². The summed E-state index contributed by atoms with van der Waals surface area (Å²) in [6.45, 7) is 4.26. The molecule has 0 atom stereocenters. The van der Waals surface area contributed by atoms with Gasteiger partial charge in [-0.05, 0) is 61.4 Å². The van der Waals surface area contributed by atoms with Crippen LogP contribution in [0.5, 0.6) is 5.75 Å². The summed E-state index contributed by atoms with van der Waals surface area (Å²) in [6.07, 6.45) is 0. The van der Waals surface area contributed by atoms with Crippen molar-refractivity contribution in [2.45, 2.75) is 23.6 Å². The number of hydrogen-bond donors (Lipinski definition) is 0. The average molecular weight is 244 g/mol. The maximum Gasteiger partial charge on any atom is 0.118 e. The normalized spacial score (nSPS) is 10.3. The van der Waals surface area contributed by atoms with E-state index >= 15 is 0 Å². The summed E-state index contributed by atoms with van der Waals surface area (Å²) >= 11 is 1.78. The molecular weight excluding hydrogens is 228 g/mol. The maximum atomic E-state index is 5.15. The molecule has 0 heterocycles. The van der Waals surface area contributed by atoms with E-state index in [1.807, 2.05) is 12.1 Å². The van der Waals surface area contributed by atoms with Crippen molar-refractivity contribution in [1.82, 2.24) is 0 Å². The van der Waals surface area contributed by atoms with E-state index in [4.69, 9.17) is 4.74 Å². The van der Waals surface area contributed by atoms with Crippen LogP contribution >= 0.6 is 11.8 Å². The zero-order chi connectivity index (χ0) is 12.3. The highest BCUT2D eigenvalue weighted by atomic mass is 32.2. The summed E-state index contributed by atoms with van der Waals surface area (Å²) in [6, 6.07) is 14.8. The van der Waals surface area contributed by atoms with Crippen molar-refractivity contribution in [3.63, 3.8) is 0 Å². The minimum absolute atomic E-state index is 0.898. The van der Waals surface area contributed by atoms with Crippen molar-refractivity contribution < 1.29 is 4.74 Å². The molecular formula is C15H16OS. The quantitative estimate of drug-likeness (QED) is 0.788. The van der Waals surface area contributed by atoms with E-state index in [2.05, 4.69) is 44.2 Å². The fourth-order valence-corrected chi connectivity index (χ4v) is 2.81. The minimum Gasteiger partial charge on any atom is -0.497 e. The van der Waals surface area contributed by atoms with Crippen LogP contribution in [0.3, 0.4) is 0 Å². The van der Waals surface area contributed by atoms with Crippen molar-refractivity contribution in [1.29, 1.82) is 0 Å². The molecule has 88 valence electrons. The van der Waals surface area contributed by atoms with Gasteiger partial charge in [-0.15, -0.1) is 0 Å². The van der Waals surface area contributed by atoms with Crippen LogP contribution in [0.15, 0.2) is 52.3 Å². The molecule has 2 rings (SSSR count). The molecule has 0 aliphatic rings. The van der Waals surface area contributed by atoms with E-state index in [0.717, 1.165) is 5.75 Å². The summed E-state index contributed by atoms with van der Waals surface area (Å²) in [5, 5.41) is 0. The molecule has 17 heavy (non-hydrogen) atoms. The highest BCUT2D eigenvalue weighted by Crippen LogP contribution is 2.30. The maximum absolute atomic E-state index is 5.15. The fourth-order valence-electron chi connectivity index (χ4n) is 1.77. The molecule has 0 saturated heterocycles. The Morgan fingerprint density at radius 3 is 1.94 bits per heavy atom. The lowest BCUT2D eigenvalue weighted by Gasteiger charge is -2.05. The van der Waals surface area contributed by atoms with Crippen LogP contribution in [0.1, 0.15) is 11.1 Å². The van der Waals surface area contributed by atoms with Crippen molar-refractivity contribution in [3.05, 3.63) is 53.6 Å². The zero-order valence-corrected chi connectivity index (χ0v) is 11.2. The molecule has 0 fully saturated rings. The topological polar surface area (TPSA) is 9.23 Å². The van der Waals surface area contributed by atoms with Crippen LogP contribution in [0.25, 0.3) is 0 Å². The summed E-state index contributed by atoms with van der Waals surface area (Å²) in [4.78, 5) is 2.52. The Balaban J connectivity index is 2.19. The second kappa shape index (κ2) is 5.28. The molecule has 0 bridgehead atoms. The first-order valence-corrected chi connectivity index (χ1v) is 6.39. The number of methoxy groups -OCH3 is 1. The molecule has 1 nitrogen and oxygen atoms in total. The van der Waals surface area contributed by atoms with Crippen molar-refractivity contribution in [2.24, 2.45) is 0 Å². The molecule has 2 aromatic rings. The van der Waals surface area contributed by atoms with Gasteiger partial charge in [-0.1, -0.05) is 17.8 Å². The molecule has 0 N–H and O–H groups in total. The minimum atomic E-state index is 0.898. The third-order valence-corrected chi connectivity index (χ3v) is 3.47. The van der Waals surface area contributed by atoms with Gasteiger partial charge in [0.05, 0.1) is 7.11 Å². The van der Waals surface area contributed by atoms with Crippen molar-refractivity contribution in [3.8, 4) is 5.75 Å². The molecule has 0 aromatic heterocycles. The lowest BCUT2D eigenvalue weighted by molar-refractivity contribution is 0.414. The second-order valence-electron chi connectivity index (χ2n) is 4.10. The number of aryl methyl sites for hydroxylation is 2. The molecule has 0 aliphatic carbocycles. The number of ether oxygens (including phenoxy) is 1. The zero-order valence-electron chi connectivity index (χ0n) is 10.4. The first-order valence-electron chi connectivity index (χ1n) is 5.57. The monoisotopic (exact) mass is 244 g/mol. The second-order valence-corrected chi connectivity index (χ2v) is 5.25. The molecule has 0 unspecified atom stereocenters. The van der Waals surface area contributed by atoms with Gasteiger partial charge in [0, 0.05) is 9.79 Å². The van der Waals surface area contributed by atoms with E-state index in [-0.39, 0.29) is 0 Å². The van der Waals surface area contributed by atoms with Gasteiger partial charge >= 0.3 is 0 Å². The summed E-state index contributed by atoms with van der Waals surface area (Å²) in [5.74, 6) is 0.898. The van der Waals surface area contributed by atoms with Crippen molar-refractivity contribution in [2.75, 3.05) is 7.11 Å². The van der Waals surface area contributed by atoms with Gasteiger partial charge in [0.15, 0.2) is 0 Å². The van der Waals surface area contributed by atoms with Gasteiger partial charge in [0.2, 0.25) is 0 Å². The van der Waals surface area contributed by atoms with Gasteiger partial charge in [0.25, 0.3) is 0 Å². The predicted octanol–water partition coefficient (Wildman–Crippen LogP) is 4.46. The SMILES string of the molecule is COc1ccc(Sc2cc(C)cc(C)c2)cc1. The third-order valence-electron chi connectivity index (χ3n) is 2.49. The van der Waals surface area contributed by atoms with Gasteiger partial charge < -0.3 is 4.74 Å². The highest BCUT2D eigenvalue weighted by Gasteiger charge is 2.00. The number of hydrogen-bond acceptors (Lipinski definition) is 2. The Morgan fingerprint density at radius 2 is 1.41 bits per heavy atom.